The molecule has 228 valence electrons. The van der Waals surface area contributed by atoms with Gasteiger partial charge in [-0.1, -0.05) is 65.9 Å². The van der Waals surface area contributed by atoms with Crippen molar-refractivity contribution in [2.45, 2.75) is 31.5 Å². The Bertz CT molecular complexity index is 1840. The summed E-state index contributed by atoms with van der Waals surface area (Å²) in [7, 11) is 4.70. The maximum atomic E-state index is 13.6. The normalized spacial score (nSPS) is 18.6. The Hall–Kier alpha value is -5.13. The average Bonchev–Trinajstić information content (AvgIpc) is 3.67. The molecule has 3 aliphatic heterocycles. The van der Waals surface area contributed by atoms with Crippen molar-refractivity contribution in [3.05, 3.63) is 112 Å². The summed E-state index contributed by atoms with van der Waals surface area (Å²) < 4.78 is 35.3. The fourth-order valence-corrected chi connectivity index (χ4v) is 6.71. The van der Waals surface area contributed by atoms with Gasteiger partial charge < -0.3 is 28.4 Å². The maximum absolute atomic E-state index is 13.6. The van der Waals surface area contributed by atoms with Crippen LogP contribution in [0.1, 0.15) is 61.9 Å². The summed E-state index contributed by atoms with van der Waals surface area (Å²) in [6.45, 7) is 2.82. The second-order valence-electron chi connectivity index (χ2n) is 11.2. The number of benzene rings is 4. The minimum Gasteiger partial charge on any atom is -0.493 e. The molecular weight excluding hydrogens is 570 g/mol. The number of methoxy groups -OCH3 is 3. The van der Waals surface area contributed by atoms with E-state index in [-0.39, 0.29) is 12.8 Å². The number of carbonyl (C=O) groups is 1. The molecule has 0 bridgehead atoms. The van der Waals surface area contributed by atoms with Crippen LogP contribution >= 0.6 is 0 Å². The number of aryl methyl sites for hydroxylation is 1. The van der Waals surface area contributed by atoms with Crippen molar-refractivity contribution in [2.75, 3.05) is 34.7 Å². The third kappa shape index (κ3) is 4.90. The van der Waals surface area contributed by atoms with Crippen LogP contribution in [0, 0.1) is 18.8 Å². The van der Waals surface area contributed by atoms with Crippen LogP contribution < -0.4 is 23.7 Å². The SMILES string of the molecule is COc1ccc2c(c1OC)C(=O)O[C@H]2[C@@H]1c2c(cc3c(c2OC)OCO3)CCN1C(C#Cc1ccccc1)c1cccc(C)c1. The highest BCUT2D eigenvalue weighted by molar-refractivity contribution is 5.98. The van der Waals surface area contributed by atoms with Crippen LogP contribution in [0.15, 0.2) is 72.8 Å². The predicted molar refractivity (Wildman–Crippen MR) is 167 cm³/mol. The van der Waals surface area contributed by atoms with E-state index < -0.39 is 18.1 Å². The van der Waals surface area contributed by atoms with Gasteiger partial charge in [0.1, 0.15) is 11.7 Å². The first-order valence-corrected chi connectivity index (χ1v) is 14.9. The molecule has 0 N–H and O–H groups in total. The van der Waals surface area contributed by atoms with Gasteiger partial charge in [-0.05, 0) is 48.7 Å². The zero-order valence-corrected chi connectivity index (χ0v) is 25.6. The van der Waals surface area contributed by atoms with Gasteiger partial charge in [-0.3, -0.25) is 4.90 Å². The van der Waals surface area contributed by atoms with E-state index in [0.717, 1.165) is 27.8 Å². The van der Waals surface area contributed by atoms with Gasteiger partial charge >= 0.3 is 5.97 Å². The third-order valence-electron chi connectivity index (χ3n) is 8.67. The number of cyclic esters (lactones) is 1. The van der Waals surface area contributed by atoms with Crippen LogP contribution in [-0.2, 0) is 11.2 Å². The van der Waals surface area contributed by atoms with Gasteiger partial charge in [0, 0.05) is 23.2 Å². The number of carbonyl (C=O) groups excluding carboxylic acids is 1. The van der Waals surface area contributed by atoms with Crippen LogP contribution in [0.25, 0.3) is 0 Å². The quantitative estimate of drug-likeness (QED) is 0.186. The Morgan fingerprint density at radius 3 is 2.49 bits per heavy atom. The number of nitrogens with zero attached hydrogens (tertiary/aromatic N) is 1. The van der Waals surface area contributed by atoms with Crippen LogP contribution in [0.3, 0.4) is 0 Å². The van der Waals surface area contributed by atoms with E-state index in [9.17, 15) is 4.79 Å². The number of fused-ring (bicyclic) bond motifs is 3. The summed E-state index contributed by atoms with van der Waals surface area (Å²) >= 11 is 0. The molecule has 1 unspecified atom stereocenters. The van der Waals surface area contributed by atoms with Gasteiger partial charge in [0.25, 0.3) is 0 Å². The number of rotatable bonds is 6. The van der Waals surface area contributed by atoms with Crippen LogP contribution in [-0.4, -0.2) is 45.5 Å². The molecule has 0 saturated carbocycles. The highest BCUT2D eigenvalue weighted by Crippen LogP contribution is 2.57. The smallest absolute Gasteiger partial charge is 0.343 e. The second-order valence-corrected chi connectivity index (χ2v) is 11.2. The Morgan fingerprint density at radius 1 is 0.911 bits per heavy atom. The summed E-state index contributed by atoms with van der Waals surface area (Å²) in [5.41, 5.74) is 6.08. The Morgan fingerprint density at radius 2 is 1.73 bits per heavy atom. The number of esters is 1. The monoisotopic (exact) mass is 603 g/mol. The number of ether oxygens (including phenoxy) is 6. The summed E-state index contributed by atoms with van der Waals surface area (Å²) in [6.07, 6.45) is -0.000343. The first-order valence-electron chi connectivity index (χ1n) is 14.9. The summed E-state index contributed by atoms with van der Waals surface area (Å²) in [6, 6.07) is 23.2. The predicted octanol–water partition coefficient (Wildman–Crippen LogP) is 6.35. The van der Waals surface area contributed by atoms with Gasteiger partial charge in [0.15, 0.2) is 23.0 Å². The molecule has 0 aliphatic carbocycles. The Balaban J connectivity index is 1.46. The molecule has 7 rings (SSSR count). The van der Waals surface area contributed by atoms with E-state index in [1.165, 1.54) is 7.11 Å². The van der Waals surface area contributed by atoms with E-state index in [1.54, 1.807) is 14.2 Å². The topological polar surface area (TPSA) is 75.7 Å². The minimum absolute atomic E-state index is 0.107. The van der Waals surface area contributed by atoms with E-state index in [1.807, 2.05) is 48.5 Å². The highest BCUT2D eigenvalue weighted by atomic mass is 16.7. The van der Waals surface area contributed by atoms with Crippen molar-refractivity contribution in [2.24, 2.45) is 0 Å². The molecule has 0 radical (unpaired) electrons. The summed E-state index contributed by atoms with van der Waals surface area (Å²) in [5.74, 6) is 9.10. The molecule has 3 atom stereocenters. The molecule has 45 heavy (non-hydrogen) atoms. The van der Waals surface area contributed by atoms with Crippen molar-refractivity contribution < 1.29 is 33.2 Å². The van der Waals surface area contributed by atoms with Crippen LogP contribution in [0.4, 0.5) is 0 Å². The number of hydrogen-bond donors (Lipinski definition) is 0. The summed E-state index contributed by atoms with van der Waals surface area (Å²) in [5, 5.41) is 0. The van der Waals surface area contributed by atoms with Crippen molar-refractivity contribution in [3.8, 4) is 40.6 Å². The summed E-state index contributed by atoms with van der Waals surface area (Å²) in [4.78, 5) is 16.0. The lowest BCUT2D eigenvalue weighted by Gasteiger charge is -2.43. The molecule has 4 aromatic rings. The zero-order valence-electron chi connectivity index (χ0n) is 25.6. The van der Waals surface area contributed by atoms with Crippen molar-refractivity contribution in [1.82, 2.24) is 4.90 Å². The number of hydrogen-bond acceptors (Lipinski definition) is 8. The van der Waals surface area contributed by atoms with Gasteiger partial charge in [0.05, 0.1) is 33.4 Å². The van der Waals surface area contributed by atoms with Crippen molar-refractivity contribution in [3.63, 3.8) is 0 Å². The first kappa shape index (κ1) is 28.6. The molecular formula is C37H33NO7. The second kappa shape index (κ2) is 11.8. The lowest BCUT2D eigenvalue weighted by molar-refractivity contribution is -0.00369. The molecule has 0 amide bonds. The zero-order chi connectivity index (χ0) is 31.1. The molecule has 4 aromatic carbocycles. The Kier molecular flexibility index (Phi) is 7.48. The standard InChI is InChI=1S/C37H33NO7/c1-22-9-8-12-24(19-22)27(15-13-23-10-6-5-7-11-23)38-18-17-25-20-29-35(44-21-43-29)36(42-4)30(25)32(38)33-26-14-16-28(40-2)34(41-3)31(26)37(39)45-33/h5-12,14,16,19-20,27,32-33H,17-18,21H2,1-4H3/t27?,32-,33+/m0/s1. The van der Waals surface area contributed by atoms with Crippen molar-refractivity contribution >= 4 is 5.97 Å². The third-order valence-corrected chi connectivity index (χ3v) is 8.67. The van der Waals surface area contributed by atoms with Gasteiger partial charge in [0.2, 0.25) is 12.5 Å². The van der Waals surface area contributed by atoms with Gasteiger partial charge in [-0.25, -0.2) is 4.79 Å². The van der Waals surface area contributed by atoms with E-state index in [0.29, 0.717) is 52.8 Å². The molecule has 3 aliphatic rings. The fraction of sp³-hybridized carbons (Fsp3) is 0.270. The average molecular weight is 604 g/mol. The van der Waals surface area contributed by atoms with Gasteiger partial charge in [-0.15, -0.1) is 0 Å². The lowest BCUT2D eigenvalue weighted by atomic mass is 9.83. The molecule has 3 heterocycles. The van der Waals surface area contributed by atoms with Gasteiger partial charge in [-0.2, -0.15) is 0 Å². The van der Waals surface area contributed by atoms with E-state index in [2.05, 4.69) is 47.9 Å². The molecule has 0 saturated heterocycles. The Labute approximate surface area is 262 Å². The van der Waals surface area contributed by atoms with E-state index in [4.69, 9.17) is 28.4 Å². The van der Waals surface area contributed by atoms with Crippen LogP contribution in [0.5, 0.6) is 28.7 Å². The largest absolute Gasteiger partial charge is 0.493 e. The molecule has 8 heteroatoms. The molecule has 0 fully saturated rings. The molecule has 8 nitrogen and oxygen atoms in total. The molecule has 0 aromatic heterocycles. The maximum Gasteiger partial charge on any atom is 0.343 e. The first-order chi connectivity index (χ1) is 22.0. The fourth-order valence-electron chi connectivity index (χ4n) is 6.71. The highest BCUT2D eigenvalue weighted by Gasteiger charge is 2.48. The lowest BCUT2D eigenvalue weighted by Crippen LogP contribution is -2.41. The molecule has 0 spiro atoms. The van der Waals surface area contributed by atoms with Crippen LogP contribution in [0.2, 0.25) is 0 Å². The van der Waals surface area contributed by atoms with E-state index >= 15 is 0 Å². The minimum atomic E-state index is -0.702. The van der Waals surface area contributed by atoms with Crippen molar-refractivity contribution in [1.29, 1.82) is 0 Å².